The third-order valence-electron chi connectivity index (χ3n) is 3.78. The van der Waals surface area contributed by atoms with Crippen LogP contribution in [0.1, 0.15) is 26.5 Å². The lowest BCUT2D eigenvalue weighted by molar-refractivity contribution is 0.0300. The highest BCUT2D eigenvalue weighted by Gasteiger charge is 2.12. The van der Waals surface area contributed by atoms with Crippen molar-refractivity contribution in [3.8, 4) is 0 Å². The van der Waals surface area contributed by atoms with E-state index in [4.69, 9.17) is 9.15 Å². The fourth-order valence-electron chi connectivity index (χ4n) is 2.58. The number of aliphatic hydroxyl groups excluding tert-OH is 1. The summed E-state index contributed by atoms with van der Waals surface area (Å²) >= 11 is 0. The molecule has 1 heterocycles. The number of para-hydroxylation sites is 1. The van der Waals surface area contributed by atoms with Gasteiger partial charge in [0.2, 0.25) is 0 Å². The largest absolute Gasteiger partial charge is 0.459 e. The van der Waals surface area contributed by atoms with Crippen LogP contribution < -0.4 is 5.32 Å². The zero-order chi connectivity index (χ0) is 18.9. The molecule has 2 N–H and O–H groups in total. The number of fused-ring (bicyclic) bond motifs is 1. The van der Waals surface area contributed by atoms with Gasteiger partial charge in [-0.2, -0.15) is 0 Å². The average molecular weight is 361 g/mol. The van der Waals surface area contributed by atoms with E-state index in [0.29, 0.717) is 32.2 Å². The number of furan rings is 1. The van der Waals surface area contributed by atoms with Gasteiger partial charge in [-0.25, -0.2) is 0 Å². The Hall–Kier alpha value is -2.05. The summed E-state index contributed by atoms with van der Waals surface area (Å²) in [5.41, 5.74) is 0.885. The number of aliphatic hydroxyl groups is 1. The number of ether oxygens (including phenoxy) is 1. The first-order chi connectivity index (χ1) is 12.5. The Bertz CT molecular complexity index is 663. The van der Waals surface area contributed by atoms with Crippen LogP contribution in [0.4, 0.5) is 0 Å². The van der Waals surface area contributed by atoms with E-state index >= 15 is 0 Å². The molecule has 2 rings (SSSR count). The van der Waals surface area contributed by atoms with Gasteiger partial charge in [0, 0.05) is 25.6 Å². The number of aliphatic imine (C=N–C) groups is 1. The summed E-state index contributed by atoms with van der Waals surface area (Å²) in [6, 6.07) is 10.0. The second-order valence-electron chi connectivity index (χ2n) is 6.89. The predicted molar refractivity (Wildman–Crippen MR) is 105 cm³/mol. The maximum absolute atomic E-state index is 10.0. The van der Waals surface area contributed by atoms with Gasteiger partial charge in [-0.1, -0.05) is 32.0 Å². The lowest BCUT2D eigenvalue weighted by atomic mass is 10.2. The fourth-order valence-corrected chi connectivity index (χ4v) is 2.58. The third-order valence-corrected chi connectivity index (χ3v) is 3.78. The molecule has 0 saturated carbocycles. The van der Waals surface area contributed by atoms with Crippen LogP contribution in [0, 0.1) is 5.92 Å². The minimum absolute atomic E-state index is 0.297. The van der Waals surface area contributed by atoms with Crippen LogP contribution in [0.3, 0.4) is 0 Å². The van der Waals surface area contributed by atoms with Crippen LogP contribution in [0.5, 0.6) is 0 Å². The van der Waals surface area contributed by atoms with Crippen LogP contribution in [0.25, 0.3) is 11.0 Å². The molecule has 0 spiro atoms. The van der Waals surface area contributed by atoms with E-state index in [0.717, 1.165) is 29.2 Å². The molecular formula is C20H31N3O3. The molecule has 1 aromatic heterocycles. The number of benzene rings is 1. The van der Waals surface area contributed by atoms with Crippen molar-refractivity contribution in [3.63, 3.8) is 0 Å². The Labute approximate surface area is 155 Å². The van der Waals surface area contributed by atoms with Gasteiger partial charge in [-0.15, -0.1) is 0 Å². The Morgan fingerprint density at radius 2 is 2.08 bits per heavy atom. The first-order valence-corrected chi connectivity index (χ1v) is 9.22. The summed E-state index contributed by atoms with van der Waals surface area (Å²) in [7, 11) is 1.95. The van der Waals surface area contributed by atoms with Gasteiger partial charge in [-0.05, 0) is 25.0 Å². The Balaban J connectivity index is 1.93. The van der Waals surface area contributed by atoms with Gasteiger partial charge < -0.3 is 24.5 Å². The molecule has 1 unspecified atom stereocenters. The molecule has 0 saturated heterocycles. The highest BCUT2D eigenvalue weighted by Crippen LogP contribution is 2.19. The highest BCUT2D eigenvalue weighted by molar-refractivity contribution is 5.80. The summed E-state index contributed by atoms with van der Waals surface area (Å²) in [4.78, 5) is 6.51. The second kappa shape index (κ2) is 10.2. The lowest BCUT2D eigenvalue weighted by Gasteiger charge is -2.21. The molecule has 1 aromatic carbocycles. The molecule has 0 aliphatic heterocycles. The van der Waals surface area contributed by atoms with Crippen molar-refractivity contribution in [2.75, 3.05) is 33.4 Å². The van der Waals surface area contributed by atoms with Crippen molar-refractivity contribution in [2.24, 2.45) is 10.9 Å². The molecule has 6 heteroatoms. The normalized spacial score (nSPS) is 13.4. The topological polar surface area (TPSA) is 70.2 Å². The maximum atomic E-state index is 10.0. The van der Waals surface area contributed by atoms with Crippen LogP contribution in [-0.4, -0.2) is 55.4 Å². The zero-order valence-electron chi connectivity index (χ0n) is 16.2. The smallest absolute Gasteiger partial charge is 0.194 e. The van der Waals surface area contributed by atoms with Crippen molar-refractivity contribution in [2.45, 2.75) is 33.4 Å². The van der Waals surface area contributed by atoms with E-state index in [9.17, 15) is 5.11 Å². The molecular weight excluding hydrogens is 330 g/mol. The summed E-state index contributed by atoms with van der Waals surface area (Å²) < 4.78 is 11.3. The summed E-state index contributed by atoms with van der Waals surface area (Å²) in [5.74, 6) is 2.06. The van der Waals surface area contributed by atoms with E-state index in [2.05, 4.69) is 24.2 Å². The molecule has 0 radical (unpaired) electrons. The van der Waals surface area contributed by atoms with Crippen LogP contribution in [0.15, 0.2) is 39.7 Å². The first-order valence-electron chi connectivity index (χ1n) is 9.22. The van der Waals surface area contributed by atoms with Crippen molar-refractivity contribution >= 4 is 16.9 Å². The molecule has 2 aromatic rings. The SMILES string of the molecule is CCNC(=NCC(O)COCC(C)C)N(C)Cc1cc2ccccc2o1. The lowest BCUT2D eigenvalue weighted by Crippen LogP contribution is -2.39. The summed E-state index contributed by atoms with van der Waals surface area (Å²) in [5, 5.41) is 14.4. The number of guanidine groups is 1. The monoisotopic (exact) mass is 361 g/mol. The minimum Gasteiger partial charge on any atom is -0.459 e. The summed E-state index contributed by atoms with van der Waals surface area (Å²) in [6.07, 6.45) is -0.609. The van der Waals surface area contributed by atoms with Crippen molar-refractivity contribution in [1.82, 2.24) is 10.2 Å². The summed E-state index contributed by atoms with van der Waals surface area (Å²) in [6.45, 7) is 8.78. The van der Waals surface area contributed by atoms with Crippen molar-refractivity contribution in [1.29, 1.82) is 0 Å². The number of hydrogen-bond acceptors (Lipinski definition) is 4. The van der Waals surface area contributed by atoms with Gasteiger partial charge >= 0.3 is 0 Å². The van der Waals surface area contributed by atoms with Crippen LogP contribution in [0.2, 0.25) is 0 Å². The van der Waals surface area contributed by atoms with Gasteiger partial charge in [-0.3, -0.25) is 4.99 Å². The molecule has 0 bridgehead atoms. The van der Waals surface area contributed by atoms with Gasteiger partial charge in [0.25, 0.3) is 0 Å². The number of hydrogen-bond donors (Lipinski definition) is 2. The minimum atomic E-state index is -0.609. The van der Waals surface area contributed by atoms with E-state index in [1.807, 2.05) is 49.2 Å². The number of nitrogens with zero attached hydrogens (tertiary/aromatic N) is 2. The molecule has 6 nitrogen and oxygen atoms in total. The molecule has 26 heavy (non-hydrogen) atoms. The van der Waals surface area contributed by atoms with Gasteiger partial charge in [0.05, 0.1) is 25.8 Å². The maximum Gasteiger partial charge on any atom is 0.194 e. The van der Waals surface area contributed by atoms with Crippen LogP contribution >= 0.6 is 0 Å². The molecule has 144 valence electrons. The second-order valence-corrected chi connectivity index (χ2v) is 6.89. The number of rotatable bonds is 9. The van der Waals surface area contributed by atoms with Crippen LogP contribution in [-0.2, 0) is 11.3 Å². The Morgan fingerprint density at radius 1 is 1.31 bits per heavy atom. The Kier molecular flexibility index (Phi) is 7.94. The van der Waals surface area contributed by atoms with E-state index in [1.165, 1.54) is 0 Å². The standard InChI is InChI=1S/C20H31N3O3/c1-5-21-20(22-11-17(24)14-25-13-15(2)3)23(4)12-18-10-16-8-6-7-9-19(16)26-18/h6-10,15,17,24H,5,11-14H2,1-4H3,(H,21,22). The average Bonchev–Trinajstić information content (AvgIpc) is 3.00. The van der Waals surface area contributed by atoms with Crippen molar-refractivity contribution < 1.29 is 14.3 Å². The molecule has 0 fully saturated rings. The van der Waals surface area contributed by atoms with E-state index in [1.54, 1.807) is 0 Å². The number of nitrogens with one attached hydrogen (secondary N) is 1. The van der Waals surface area contributed by atoms with Crippen molar-refractivity contribution in [3.05, 3.63) is 36.1 Å². The third kappa shape index (κ3) is 6.35. The predicted octanol–water partition coefficient (Wildman–Crippen LogP) is 2.86. The fraction of sp³-hybridized carbons (Fsp3) is 0.550. The zero-order valence-corrected chi connectivity index (χ0v) is 16.2. The van der Waals surface area contributed by atoms with E-state index in [-0.39, 0.29) is 0 Å². The Morgan fingerprint density at radius 3 is 2.77 bits per heavy atom. The van der Waals surface area contributed by atoms with E-state index < -0.39 is 6.10 Å². The molecule has 0 amide bonds. The van der Waals surface area contributed by atoms with Gasteiger partial charge in [0.15, 0.2) is 5.96 Å². The quantitative estimate of drug-likeness (QED) is 0.531. The molecule has 1 atom stereocenters. The molecule has 0 aliphatic carbocycles. The molecule has 0 aliphatic rings. The first kappa shape index (κ1) is 20.3. The van der Waals surface area contributed by atoms with Gasteiger partial charge in [0.1, 0.15) is 11.3 Å². The highest BCUT2D eigenvalue weighted by atomic mass is 16.5.